The van der Waals surface area contributed by atoms with Crippen molar-refractivity contribution in [1.29, 1.82) is 0 Å². The molecule has 2 aliphatic heterocycles. The summed E-state index contributed by atoms with van der Waals surface area (Å²) in [6.07, 6.45) is -1.19. The number of halogens is 2. The first-order valence-corrected chi connectivity index (χ1v) is 11.1. The molecular weight excluding hydrogens is 448 g/mol. The molecule has 0 radical (unpaired) electrons. The topological polar surface area (TPSA) is 127 Å². The van der Waals surface area contributed by atoms with Gasteiger partial charge in [0.1, 0.15) is 47.6 Å². The van der Waals surface area contributed by atoms with Gasteiger partial charge in [-0.3, -0.25) is 0 Å². The third kappa shape index (κ3) is 3.18. The summed E-state index contributed by atoms with van der Waals surface area (Å²) in [6.45, 7) is 0.600. The smallest absolute Gasteiger partial charge is 0.267 e. The fraction of sp³-hybridized carbons (Fsp3) is 0.435. The van der Waals surface area contributed by atoms with E-state index in [4.69, 9.17) is 15.2 Å². The van der Waals surface area contributed by atoms with Crippen LogP contribution in [0.2, 0.25) is 0 Å². The molecule has 0 spiro atoms. The molecule has 2 fully saturated rings. The Bertz CT molecular complexity index is 1260. The Morgan fingerprint density at radius 3 is 2.97 bits per heavy atom. The predicted molar refractivity (Wildman–Crippen MR) is 117 cm³/mol. The van der Waals surface area contributed by atoms with Crippen molar-refractivity contribution in [2.75, 3.05) is 17.2 Å². The maximum atomic E-state index is 13.1. The van der Waals surface area contributed by atoms with Gasteiger partial charge < -0.3 is 30.3 Å². The first-order chi connectivity index (χ1) is 16.3. The Labute approximate surface area is 193 Å². The average Bonchev–Trinajstić information content (AvgIpc) is 3.45. The summed E-state index contributed by atoms with van der Waals surface area (Å²) in [4.78, 5) is 14.3. The molecule has 1 aliphatic carbocycles. The molecule has 6 rings (SSSR count). The van der Waals surface area contributed by atoms with Gasteiger partial charge in [-0.15, -0.1) is 0 Å². The van der Waals surface area contributed by atoms with E-state index in [2.05, 4.69) is 15.0 Å². The van der Waals surface area contributed by atoms with Gasteiger partial charge in [-0.05, 0) is 37.5 Å². The first kappa shape index (κ1) is 21.4. The second kappa shape index (κ2) is 7.69. The highest BCUT2D eigenvalue weighted by molar-refractivity contribution is 5.82. The molecule has 0 unspecified atom stereocenters. The van der Waals surface area contributed by atoms with Crippen molar-refractivity contribution in [2.45, 2.75) is 55.8 Å². The number of benzene rings is 1. The molecule has 0 amide bonds. The summed E-state index contributed by atoms with van der Waals surface area (Å²) < 4.78 is 38.6. The van der Waals surface area contributed by atoms with Crippen molar-refractivity contribution in [3.63, 3.8) is 0 Å². The number of aromatic nitrogens is 3. The van der Waals surface area contributed by atoms with Crippen LogP contribution in [0.15, 0.2) is 36.8 Å². The van der Waals surface area contributed by atoms with Crippen molar-refractivity contribution in [3.05, 3.63) is 47.9 Å². The zero-order valence-corrected chi connectivity index (χ0v) is 18.0. The maximum Gasteiger partial charge on any atom is 0.267 e. The molecule has 1 saturated heterocycles. The minimum absolute atomic E-state index is 0.227. The SMILES string of the molecule is Nc1nc2cc(O[C@H]3CC[C@@]4(O)[C@@H]3O[C@@H](N3CCc5cncnc53)[C@@H]4O)ccc2cc1C(F)F. The van der Waals surface area contributed by atoms with Crippen molar-refractivity contribution < 1.29 is 28.5 Å². The molecule has 5 atom stereocenters. The van der Waals surface area contributed by atoms with Crippen LogP contribution in [-0.4, -0.2) is 61.9 Å². The number of nitrogen functional groups attached to an aromatic ring is 1. The molecule has 0 bridgehead atoms. The molecule has 34 heavy (non-hydrogen) atoms. The number of aliphatic hydroxyl groups excluding tert-OH is 1. The van der Waals surface area contributed by atoms with Gasteiger partial charge in [0, 0.05) is 29.8 Å². The van der Waals surface area contributed by atoms with Gasteiger partial charge in [0.05, 0.1) is 11.1 Å². The summed E-state index contributed by atoms with van der Waals surface area (Å²) in [7, 11) is 0. The van der Waals surface area contributed by atoms with Gasteiger partial charge in [0.15, 0.2) is 6.23 Å². The van der Waals surface area contributed by atoms with Crippen molar-refractivity contribution in [1.82, 2.24) is 15.0 Å². The average molecular weight is 471 g/mol. The van der Waals surface area contributed by atoms with Crippen LogP contribution in [0.5, 0.6) is 5.75 Å². The standard InChI is InChI=1S/C23H23F2N5O4/c24-19(25)14-7-11-1-2-13(8-15(11)29-20(14)26)33-16-3-5-23(32)17(31)22(34-18(16)23)30-6-4-12-9-27-10-28-21(12)30/h1-2,7-10,16-19,22,31-32H,3-6H2,(H2,26,29)/t16-,17-,18+,22+,23-/m0/s1. The quantitative estimate of drug-likeness (QED) is 0.523. The third-order valence-electron chi connectivity index (χ3n) is 7.07. The second-order valence-electron chi connectivity index (χ2n) is 9.01. The van der Waals surface area contributed by atoms with Gasteiger partial charge in [0.2, 0.25) is 0 Å². The number of alkyl halides is 2. The van der Waals surface area contributed by atoms with E-state index < -0.39 is 36.6 Å². The first-order valence-electron chi connectivity index (χ1n) is 11.1. The van der Waals surface area contributed by atoms with E-state index in [0.717, 1.165) is 12.0 Å². The minimum Gasteiger partial charge on any atom is -0.488 e. The summed E-state index contributed by atoms with van der Waals surface area (Å²) in [5, 5.41) is 22.8. The number of rotatable bonds is 4. The summed E-state index contributed by atoms with van der Waals surface area (Å²) in [6, 6.07) is 6.23. The maximum absolute atomic E-state index is 13.1. The summed E-state index contributed by atoms with van der Waals surface area (Å²) in [5.41, 5.74) is 5.30. The van der Waals surface area contributed by atoms with E-state index in [-0.39, 0.29) is 11.4 Å². The van der Waals surface area contributed by atoms with Gasteiger partial charge in [-0.25, -0.2) is 23.7 Å². The van der Waals surface area contributed by atoms with Gasteiger partial charge in [0.25, 0.3) is 6.43 Å². The molecule has 3 aromatic rings. The van der Waals surface area contributed by atoms with Crippen LogP contribution in [0.3, 0.4) is 0 Å². The zero-order valence-electron chi connectivity index (χ0n) is 18.0. The van der Waals surface area contributed by atoms with Crippen molar-refractivity contribution in [3.8, 4) is 5.75 Å². The zero-order chi connectivity index (χ0) is 23.6. The predicted octanol–water partition coefficient (Wildman–Crippen LogP) is 1.97. The molecule has 2 aromatic heterocycles. The lowest BCUT2D eigenvalue weighted by Gasteiger charge is -2.30. The minimum atomic E-state index is -2.71. The molecule has 1 aromatic carbocycles. The van der Waals surface area contributed by atoms with Crippen LogP contribution in [-0.2, 0) is 11.2 Å². The van der Waals surface area contributed by atoms with Crippen LogP contribution in [0.1, 0.15) is 30.4 Å². The lowest BCUT2D eigenvalue weighted by Crippen LogP contribution is -2.50. The van der Waals surface area contributed by atoms with E-state index in [1.807, 2.05) is 4.90 Å². The fourth-order valence-electron chi connectivity index (χ4n) is 5.33. The number of fused-ring (bicyclic) bond motifs is 3. The number of aliphatic hydroxyl groups is 2. The molecule has 178 valence electrons. The molecule has 4 heterocycles. The Hall–Kier alpha value is -3.15. The number of nitrogens with zero attached hydrogens (tertiary/aromatic N) is 4. The van der Waals surface area contributed by atoms with Crippen LogP contribution in [0, 0.1) is 0 Å². The lowest BCUT2D eigenvalue weighted by atomic mass is 9.94. The van der Waals surface area contributed by atoms with Crippen molar-refractivity contribution in [2.24, 2.45) is 0 Å². The molecule has 1 saturated carbocycles. The highest BCUT2D eigenvalue weighted by atomic mass is 19.3. The molecule has 4 N–H and O–H groups in total. The van der Waals surface area contributed by atoms with Gasteiger partial charge in [-0.2, -0.15) is 0 Å². The van der Waals surface area contributed by atoms with E-state index in [1.165, 1.54) is 12.4 Å². The van der Waals surface area contributed by atoms with E-state index in [1.54, 1.807) is 24.4 Å². The number of nitrogens with two attached hydrogens (primary N) is 1. The fourth-order valence-corrected chi connectivity index (χ4v) is 5.33. The van der Waals surface area contributed by atoms with Crippen LogP contribution >= 0.6 is 0 Å². The van der Waals surface area contributed by atoms with E-state index >= 15 is 0 Å². The Kier molecular flexibility index (Phi) is 4.84. The normalized spacial score (nSPS) is 30.2. The third-order valence-corrected chi connectivity index (χ3v) is 7.07. The Morgan fingerprint density at radius 2 is 2.15 bits per heavy atom. The Morgan fingerprint density at radius 1 is 1.29 bits per heavy atom. The van der Waals surface area contributed by atoms with Crippen LogP contribution < -0.4 is 15.4 Å². The van der Waals surface area contributed by atoms with Gasteiger partial charge >= 0.3 is 0 Å². The number of pyridine rings is 1. The molecular formula is C23H23F2N5O4. The second-order valence-corrected chi connectivity index (χ2v) is 9.01. The highest BCUT2D eigenvalue weighted by Gasteiger charge is 2.63. The number of hydrogen-bond acceptors (Lipinski definition) is 9. The lowest BCUT2D eigenvalue weighted by molar-refractivity contribution is -0.0771. The monoisotopic (exact) mass is 471 g/mol. The van der Waals surface area contributed by atoms with E-state index in [9.17, 15) is 19.0 Å². The summed E-state index contributed by atoms with van der Waals surface area (Å²) >= 11 is 0. The summed E-state index contributed by atoms with van der Waals surface area (Å²) in [5.74, 6) is 0.912. The number of anilines is 2. The molecule has 11 heteroatoms. The van der Waals surface area contributed by atoms with E-state index in [0.29, 0.717) is 41.9 Å². The largest absolute Gasteiger partial charge is 0.488 e. The molecule has 9 nitrogen and oxygen atoms in total. The number of hydrogen-bond donors (Lipinski definition) is 3. The molecule has 3 aliphatic rings. The van der Waals surface area contributed by atoms with Crippen LogP contribution in [0.25, 0.3) is 10.9 Å². The Balaban J connectivity index is 1.24. The number of ether oxygens (including phenoxy) is 2. The van der Waals surface area contributed by atoms with Gasteiger partial charge in [-0.1, -0.05) is 0 Å². The van der Waals surface area contributed by atoms with Crippen LogP contribution in [0.4, 0.5) is 20.4 Å². The van der Waals surface area contributed by atoms with Crippen molar-refractivity contribution >= 4 is 22.5 Å². The highest BCUT2D eigenvalue weighted by Crippen LogP contribution is 2.46.